The van der Waals surface area contributed by atoms with Crippen LogP contribution in [0.15, 0.2) is 48.8 Å². The fourth-order valence-corrected chi connectivity index (χ4v) is 3.85. The first-order valence-electron chi connectivity index (χ1n) is 8.81. The Hall–Kier alpha value is -2.46. The highest BCUT2D eigenvalue weighted by Gasteiger charge is 2.30. The molecule has 4 nitrogen and oxygen atoms in total. The highest BCUT2D eigenvalue weighted by molar-refractivity contribution is 5.48. The van der Waals surface area contributed by atoms with Crippen LogP contribution in [0.2, 0.25) is 0 Å². The molecule has 1 aliphatic rings. The first kappa shape index (κ1) is 16.0. The second-order valence-electron chi connectivity index (χ2n) is 6.99. The van der Waals surface area contributed by atoms with Gasteiger partial charge < -0.3 is 4.74 Å². The number of hydrogen-bond acceptors (Lipinski definition) is 2. The Bertz CT molecular complexity index is 876. The molecule has 0 unspecified atom stereocenters. The van der Waals surface area contributed by atoms with Gasteiger partial charge in [0.05, 0.1) is 6.61 Å². The molecule has 0 N–H and O–H groups in total. The van der Waals surface area contributed by atoms with Gasteiger partial charge in [-0.25, -0.2) is 4.57 Å². The second kappa shape index (κ2) is 6.45. The lowest BCUT2D eigenvalue weighted by Gasteiger charge is -2.19. The average molecular weight is 334 g/mol. The van der Waals surface area contributed by atoms with Crippen molar-refractivity contribution in [2.45, 2.75) is 39.8 Å². The topological polar surface area (TPSA) is 30.9 Å². The predicted octanol–water partition coefficient (Wildman–Crippen LogP) is 3.40. The lowest BCUT2D eigenvalue weighted by Crippen LogP contribution is -2.48. The number of aromatic nitrogens is 3. The van der Waals surface area contributed by atoms with Crippen LogP contribution in [0.5, 0.6) is 0 Å². The van der Waals surface area contributed by atoms with Gasteiger partial charge in [0.1, 0.15) is 18.3 Å². The van der Waals surface area contributed by atoms with Crippen molar-refractivity contribution in [2.24, 2.45) is 0 Å². The van der Waals surface area contributed by atoms with Gasteiger partial charge in [-0.2, -0.15) is 0 Å². The van der Waals surface area contributed by atoms with Crippen molar-refractivity contribution >= 4 is 0 Å². The van der Waals surface area contributed by atoms with Crippen LogP contribution in [0.25, 0.3) is 5.69 Å². The SMILES string of the molecule is Cc1cc(C)c(-n2c[n+]3c(n2)COC[C@H]3Cc2ccccc2)c(C)c1. The molecule has 0 bridgehead atoms. The van der Waals surface area contributed by atoms with E-state index in [4.69, 9.17) is 9.84 Å². The van der Waals surface area contributed by atoms with E-state index < -0.39 is 0 Å². The van der Waals surface area contributed by atoms with Gasteiger partial charge in [-0.15, -0.1) is 0 Å². The maximum Gasteiger partial charge on any atom is 0.304 e. The minimum Gasteiger partial charge on any atom is -0.367 e. The van der Waals surface area contributed by atoms with Crippen molar-refractivity contribution in [3.8, 4) is 5.69 Å². The Morgan fingerprint density at radius 2 is 1.84 bits per heavy atom. The highest BCUT2D eigenvalue weighted by Crippen LogP contribution is 2.21. The summed E-state index contributed by atoms with van der Waals surface area (Å²) in [6.45, 7) is 7.74. The lowest BCUT2D eigenvalue weighted by atomic mass is 10.1. The van der Waals surface area contributed by atoms with E-state index in [9.17, 15) is 0 Å². The zero-order valence-corrected chi connectivity index (χ0v) is 15.1. The van der Waals surface area contributed by atoms with Crippen LogP contribution in [0.3, 0.4) is 0 Å². The molecule has 128 valence electrons. The van der Waals surface area contributed by atoms with Crippen LogP contribution >= 0.6 is 0 Å². The van der Waals surface area contributed by atoms with E-state index in [0.29, 0.717) is 6.61 Å². The van der Waals surface area contributed by atoms with Crippen molar-refractivity contribution in [1.29, 1.82) is 0 Å². The predicted molar refractivity (Wildman–Crippen MR) is 96.8 cm³/mol. The molecule has 1 aromatic heterocycles. The second-order valence-corrected chi connectivity index (χ2v) is 6.99. The minimum absolute atomic E-state index is 0.283. The molecule has 2 heterocycles. The van der Waals surface area contributed by atoms with E-state index in [0.717, 1.165) is 18.9 Å². The van der Waals surface area contributed by atoms with Crippen LogP contribution in [0.1, 0.15) is 34.1 Å². The molecule has 0 fully saturated rings. The van der Waals surface area contributed by atoms with Crippen molar-refractivity contribution in [2.75, 3.05) is 6.61 Å². The fraction of sp³-hybridized carbons (Fsp3) is 0.333. The summed E-state index contributed by atoms with van der Waals surface area (Å²) in [6, 6.07) is 15.3. The standard InChI is InChI=1S/C21H24N3O/c1-15-9-16(2)21(17(3)10-15)24-14-23-19(12-25-13-20(23)22-24)11-18-7-5-4-6-8-18/h4-10,14,19H,11-13H2,1-3H3/q+1/t19-/m1/s1. The number of aryl methyl sites for hydroxylation is 3. The van der Waals surface area contributed by atoms with Gasteiger partial charge in [0.25, 0.3) is 0 Å². The fourth-order valence-electron chi connectivity index (χ4n) is 3.85. The van der Waals surface area contributed by atoms with Crippen molar-refractivity contribution in [3.63, 3.8) is 0 Å². The molecule has 0 aliphatic carbocycles. The van der Waals surface area contributed by atoms with E-state index in [-0.39, 0.29) is 6.04 Å². The molecule has 1 atom stereocenters. The summed E-state index contributed by atoms with van der Waals surface area (Å²) in [7, 11) is 0. The quantitative estimate of drug-likeness (QED) is 0.688. The molecule has 3 aromatic rings. The molecule has 0 saturated heterocycles. The van der Waals surface area contributed by atoms with Crippen LogP contribution < -0.4 is 4.57 Å². The van der Waals surface area contributed by atoms with Gasteiger partial charge in [-0.3, -0.25) is 0 Å². The number of rotatable bonds is 3. The van der Waals surface area contributed by atoms with E-state index in [2.05, 4.69) is 74.1 Å². The zero-order chi connectivity index (χ0) is 17.4. The molecular formula is C21H24N3O+. The number of ether oxygens (including phenoxy) is 1. The molecule has 0 saturated carbocycles. The minimum atomic E-state index is 0.283. The molecule has 2 aromatic carbocycles. The lowest BCUT2D eigenvalue weighted by molar-refractivity contribution is -0.742. The third-order valence-corrected chi connectivity index (χ3v) is 4.87. The maximum absolute atomic E-state index is 5.81. The smallest absolute Gasteiger partial charge is 0.304 e. The van der Waals surface area contributed by atoms with E-state index >= 15 is 0 Å². The van der Waals surface area contributed by atoms with E-state index in [1.807, 2.05) is 4.68 Å². The van der Waals surface area contributed by atoms with Gasteiger partial charge in [0, 0.05) is 11.5 Å². The summed E-state index contributed by atoms with van der Waals surface area (Å²) in [4.78, 5) is 0. The summed E-state index contributed by atoms with van der Waals surface area (Å²) in [5.74, 6) is 0.992. The normalized spacial score (nSPS) is 16.7. The Morgan fingerprint density at radius 1 is 1.12 bits per heavy atom. The molecule has 4 heteroatoms. The zero-order valence-electron chi connectivity index (χ0n) is 15.1. The summed E-state index contributed by atoms with van der Waals surface area (Å²) in [6.07, 6.45) is 3.09. The van der Waals surface area contributed by atoms with Crippen LogP contribution in [-0.4, -0.2) is 16.4 Å². The summed E-state index contributed by atoms with van der Waals surface area (Å²) >= 11 is 0. The first-order valence-corrected chi connectivity index (χ1v) is 8.81. The van der Waals surface area contributed by atoms with Gasteiger partial charge in [-0.1, -0.05) is 52.7 Å². The van der Waals surface area contributed by atoms with Crippen molar-refractivity contribution < 1.29 is 9.30 Å². The third-order valence-electron chi connectivity index (χ3n) is 4.87. The molecule has 0 spiro atoms. The number of benzene rings is 2. The van der Waals surface area contributed by atoms with Crippen molar-refractivity contribution in [3.05, 3.63) is 76.9 Å². The largest absolute Gasteiger partial charge is 0.367 e. The Labute approximate surface area is 148 Å². The summed E-state index contributed by atoms with van der Waals surface area (Å²) in [5, 5.41) is 4.82. The average Bonchev–Trinajstić information content (AvgIpc) is 2.99. The van der Waals surface area contributed by atoms with Crippen LogP contribution in [0, 0.1) is 20.8 Å². The third kappa shape index (κ3) is 3.10. The first-order chi connectivity index (χ1) is 12.1. The van der Waals surface area contributed by atoms with Gasteiger partial charge >= 0.3 is 5.82 Å². The molecule has 25 heavy (non-hydrogen) atoms. The summed E-state index contributed by atoms with van der Waals surface area (Å²) < 4.78 is 10.1. The molecule has 0 radical (unpaired) electrons. The van der Waals surface area contributed by atoms with Crippen LogP contribution in [-0.2, 0) is 17.8 Å². The van der Waals surface area contributed by atoms with Crippen LogP contribution in [0.4, 0.5) is 0 Å². The van der Waals surface area contributed by atoms with E-state index in [1.165, 1.54) is 27.9 Å². The monoisotopic (exact) mass is 334 g/mol. The van der Waals surface area contributed by atoms with Crippen molar-refractivity contribution in [1.82, 2.24) is 9.78 Å². The number of hydrogen-bond donors (Lipinski definition) is 0. The Kier molecular flexibility index (Phi) is 4.14. The number of nitrogens with zero attached hydrogens (tertiary/aromatic N) is 3. The molecule has 0 amide bonds. The van der Waals surface area contributed by atoms with Gasteiger partial charge in [0.15, 0.2) is 0 Å². The summed E-state index contributed by atoms with van der Waals surface area (Å²) in [5.41, 5.74) is 6.28. The van der Waals surface area contributed by atoms with Gasteiger partial charge in [0.2, 0.25) is 6.33 Å². The molecule has 4 rings (SSSR count). The van der Waals surface area contributed by atoms with Gasteiger partial charge in [-0.05, 0) is 37.5 Å². The van der Waals surface area contributed by atoms with E-state index in [1.54, 1.807) is 0 Å². The molecular weight excluding hydrogens is 310 g/mol. The number of fused-ring (bicyclic) bond motifs is 1. The Balaban J connectivity index is 1.71. The molecule has 1 aliphatic heterocycles. The Morgan fingerprint density at radius 3 is 2.56 bits per heavy atom. The highest BCUT2D eigenvalue weighted by atomic mass is 16.5. The maximum atomic E-state index is 5.81.